The Labute approximate surface area is 102 Å². The minimum Gasteiger partial charge on any atom is -0.373 e. The Morgan fingerprint density at radius 1 is 1.44 bits per heavy atom. The van der Waals surface area contributed by atoms with Gasteiger partial charge in [0.1, 0.15) is 11.5 Å². The van der Waals surface area contributed by atoms with Crippen molar-refractivity contribution in [1.82, 2.24) is 5.32 Å². The SMILES string of the molecule is O=[N+]([O-])c1cc(F)cc(F)c1NC1CCCNC1. The van der Waals surface area contributed by atoms with Crippen LogP contribution in [0.25, 0.3) is 0 Å². The highest BCUT2D eigenvalue weighted by Crippen LogP contribution is 2.29. The molecule has 1 aliphatic rings. The Morgan fingerprint density at radius 3 is 2.83 bits per heavy atom. The lowest BCUT2D eigenvalue weighted by Gasteiger charge is -2.24. The Balaban J connectivity index is 2.27. The van der Waals surface area contributed by atoms with E-state index in [0.29, 0.717) is 12.6 Å². The van der Waals surface area contributed by atoms with Gasteiger partial charge in [0.2, 0.25) is 0 Å². The van der Waals surface area contributed by atoms with E-state index in [2.05, 4.69) is 10.6 Å². The van der Waals surface area contributed by atoms with Gasteiger partial charge in [0.25, 0.3) is 5.69 Å². The fraction of sp³-hybridized carbons (Fsp3) is 0.455. The smallest absolute Gasteiger partial charge is 0.298 e. The quantitative estimate of drug-likeness (QED) is 0.642. The highest BCUT2D eigenvalue weighted by Gasteiger charge is 2.23. The minimum absolute atomic E-state index is 0.0857. The first kappa shape index (κ1) is 12.7. The number of benzene rings is 1. The number of nitro groups is 1. The number of hydrogen-bond donors (Lipinski definition) is 2. The third-order valence-electron chi connectivity index (χ3n) is 2.88. The first-order chi connectivity index (χ1) is 8.58. The Morgan fingerprint density at radius 2 is 2.22 bits per heavy atom. The second kappa shape index (κ2) is 5.26. The van der Waals surface area contributed by atoms with Crippen LogP contribution in [0.1, 0.15) is 12.8 Å². The number of hydrogen-bond acceptors (Lipinski definition) is 4. The zero-order chi connectivity index (χ0) is 13.1. The maximum Gasteiger partial charge on any atom is 0.298 e. The molecule has 1 aromatic carbocycles. The van der Waals surface area contributed by atoms with Gasteiger partial charge in [-0.2, -0.15) is 0 Å². The average Bonchev–Trinajstić information content (AvgIpc) is 2.33. The molecule has 1 atom stereocenters. The van der Waals surface area contributed by atoms with Crippen molar-refractivity contribution < 1.29 is 13.7 Å². The summed E-state index contributed by atoms with van der Waals surface area (Å²) in [6, 6.07) is 1.28. The standard InChI is InChI=1S/C11H13F2N3O2/c12-7-4-9(13)11(10(5-7)16(17)18)15-8-2-1-3-14-6-8/h4-5,8,14-15H,1-3,6H2. The summed E-state index contributed by atoms with van der Waals surface area (Å²) in [5.74, 6) is -1.89. The summed E-state index contributed by atoms with van der Waals surface area (Å²) >= 11 is 0. The number of piperidine rings is 1. The molecule has 0 bridgehead atoms. The van der Waals surface area contributed by atoms with Gasteiger partial charge in [0.15, 0.2) is 5.82 Å². The lowest BCUT2D eigenvalue weighted by molar-refractivity contribution is -0.384. The van der Waals surface area contributed by atoms with Gasteiger partial charge in [-0.3, -0.25) is 10.1 Å². The number of nitro benzene ring substituents is 1. The molecular weight excluding hydrogens is 244 g/mol. The third kappa shape index (κ3) is 2.73. The number of nitrogens with one attached hydrogen (secondary N) is 2. The largest absolute Gasteiger partial charge is 0.373 e. The van der Waals surface area contributed by atoms with Gasteiger partial charge in [-0.05, 0) is 19.4 Å². The number of halogens is 2. The Bertz CT molecular complexity index is 462. The fourth-order valence-electron chi connectivity index (χ4n) is 2.03. The predicted octanol–water partition coefficient (Wildman–Crippen LogP) is 2.04. The topological polar surface area (TPSA) is 67.2 Å². The molecule has 0 aliphatic carbocycles. The maximum atomic E-state index is 13.6. The van der Waals surface area contributed by atoms with Gasteiger partial charge in [0, 0.05) is 18.7 Å². The van der Waals surface area contributed by atoms with Gasteiger partial charge < -0.3 is 10.6 Å². The summed E-state index contributed by atoms with van der Waals surface area (Å²) in [7, 11) is 0. The Kier molecular flexibility index (Phi) is 3.71. The summed E-state index contributed by atoms with van der Waals surface area (Å²) in [4.78, 5) is 10.00. The summed E-state index contributed by atoms with van der Waals surface area (Å²) in [6.07, 6.45) is 1.70. The van der Waals surface area contributed by atoms with Crippen LogP contribution in [0.2, 0.25) is 0 Å². The van der Waals surface area contributed by atoms with Crippen LogP contribution >= 0.6 is 0 Å². The molecule has 1 unspecified atom stereocenters. The molecular formula is C11H13F2N3O2. The molecule has 0 saturated carbocycles. The lowest BCUT2D eigenvalue weighted by atomic mass is 10.1. The van der Waals surface area contributed by atoms with Crippen LogP contribution in [0.3, 0.4) is 0 Å². The molecule has 1 aromatic rings. The second-order valence-corrected chi connectivity index (χ2v) is 4.23. The van der Waals surface area contributed by atoms with Crippen LogP contribution in [0, 0.1) is 21.7 Å². The van der Waals surface area contributed by atoms with Crippen molar-refractivity contribution in [2.24, 2.45) is 0 Å². The molecule has 1 aliphatic heterocycles. The Hall–Kier alpha value is -1.76. The van der Waals surface area contributed by atoms with E-state index in [-0.39, 0.29) is 11.7 Å². The van der Waals surface area contributed by atoms with Gasteiger partial charge in [0.05, 0.1) is 11.0 Å². The third-order valence-corrected chi connectivity index (χ3v) is 2.88. The summed E-state index contributed by atoms with van der Waals surface area (Å²) < 4.78 is 26.6. The van der Waals surface area contributed by atoms with Crippen molar-refractivity contribution in [1.29, 1.82) is 0 Å². The minimum atomic E-state index is -0.952. The zero-order valence-electron chi connectivity index (χ0n) is 9.58. The van der Waals surface area contributed by atoms with Gasteiger partial charge in [-0.25, -0.2) is 8.78 Å². The van der Waals surface area contributed by atoms with Crippen LogP contribution < -0.4 is 10.6 Å². The van der Waals surface area contributed by atoms with E-state index in [9.17, 15) is 18.9 Å². The molecule has 0 aromatic heterocycles. The summed E-state index contributed by atoms with van der Waals surface area (Å²) in [5, 5.41) is 16.7. The van der Waals surface area contributed by atoms with Gasteiger partial charge in [-0.15, -0.1) is 0 Å². The van der Waals surface area contributed by atoms with E-state index in [1.54, 1.807) is 0 Å². The number of anilines is 1. The van der Waals surface area contributed by atoms with Gasteiger partial charge in [-0.1, -0.05) is 0 Å². The van der Waals surface area contributed by atoms with E-state index in [1.807, 2.05) is 0 Å². The average molecular weight is 257 g/mol. The van der Waals surface area contributed by atoms with E-state index < -0.39 is 22.2 Å². The molecule has 18 heavy (non-hydrogen) atoms. The molecule has 1 fully saturated rings. The van der Waals surface area contributed by atoms with Crippen LogP contribution in [0.15, 0.2) is 12.1 Å². The highest BCUT2D eigenvalue weighted by atomic mass is 19.1. The normalized spacial score (nSPS) is 19.6. The van der Waals surface area contributed by atoms with Crippen molar-refractivity contribution >= 4 is 11.4 Å². The van der Waals surface area contributed by atoms with E-state index in [4.69, 9.17) is 0 Å². The molecule has 1 saturated heterocycles. The monoisotopic (exact) mass is 257 g/mol. The van der Waals surface area contributed by atoms with Crippen molar-refractivity contribution in [3.63, 3.8) is 0 Å². The summed E-state index contributed by atoms with van der Waals surface area (Å²) in [5.41, 5.74) is -0.812. The van der Waals surface area contributed by atoms with Crippen molar-refractivity contribution in [3.05, 3.63) is 33.9 Å². The molecule has 5 nitrogen and oxygen atoms in total. The molecule has 2 rings (SSSR count). The molecule has 98 valence electrons. The van der Waals surface area contributed by atoms with Crippen molar-refractivity contribution in [2.45, 2.75) is 18.9 Å². The second-order valence-electron chi connectivity index (χ2n) is 4.23. The van der Waals surface area contributed by atoms with E-state index >= 15 is 0 Å². The van der Waals surface area contributed by atoms with Crippen LogP contribution in [-0.2, 0) is 0 Å². The lowest BCUT2D eigenvalue weighted by Crippen LogP contribution is -2.38. The van der Waals surface area contributed by atoms with E-state index in [1.165, 1.54) is 0 Å². The first-order valence-electron chi connectivity index (χ1n) is 5.68. The van der Waals surface area contributed by atoms with Crippen LogP contribution in [0.4, 0.5) is 20.2 Å². The molecule has 7 heteroatoms. The summed E-state index contributed by atoms with van der Waals surface area (Å²) in [6.45, 7) is 1.49. The van der Waals surface area contributed by atoms with Gasteiger partial charge >= 0.3 is 0 Å². The molecule has 0 amide bonds. The number of rotatable bonds is 3. The molecule has 0 spiro atoms. The molecule has 0 radical (unpaired) electrons. The van der Waals surface area contributed by atoms with Crippen LogP contribution in [0.5, 0.6) is 0 Å². The maximum absolute atomic E-state index is 13.6. The van der Waals surface area contributed by atoms with Crippen LogP contribution in [-0.4, -0.2) is 24.1 Å². The van der Waals surface area contributed by atoms with Crippen molar-refractivity contribution in [2.75, 3.05) is 18.4 Å². The first-order valence-corrected chi connectivity index (χ1v) is 5.68. The molecule has 2 N–H and O–H groups in total. The fourth-order valence-corrected chi connectivity index (χ4v) is 2.03. The molecule has 1 heterocycles. The number of nitrogens with zero attached hydrogens (tertiary/aromatic N) is 1. The predicted molar refractivity (Wildman–Crippen MR) is 62.5 cm³/mol. The van der Waals surface area contributed by atoms with E-state index in [0.717, 1.165) is 25.5 Å². The van der Waals surface area contributed by atoms with Crippen molar-refractivity contribution in [3.8, 4) is 0 Å². The highest BCUT2D eigenvalue weighted by molar-refractivity contribution is 5.63. The zero-order valence-corrected chi connectivity index (χ0v) is 9.58.